The molecule has 0 aliphatic carbocycles. The fourth-order valence-corrected chi connectivity index (χ4v) is 1.74. The highest BCUT2D eigenvalue weighted by atomic mass is 35.5. The molecule has 0 spiro atoms. The Balaban J connectivity index is 0.00000288. The molecule has 132 valence electrons. The number of hydrogen-bond acceptors (Lipinski definition) is 5. The fraction of sp³-hybridized carbons (Fsp3) is 0.267. The molecule has 2 rings (SSSR count). The van der Waals surface area contributed by atoms with Crippen LogP contribution in [0.2, 0.25) is 0 Å². The summed E-state index contributed by atoms with van der Waals surface area (Å²) in [6.45, 7) is -0.0889. The topological polar surface area (TPSA) is 97.7 Å². The van der Waals surface area contributed by atoms with Gasteiger partial charge in [-0.25, -0.2) is 8.78 Å². The van der Waals surface area contributed by atoms with Gasteiger partial charge in [-0.1, -0.05) is 0 Å². The van der Waals surface area contributed by atoms with Crippen LogP contribution in [-0.4, -0.2) is 30.3 Å². The lowest BCUT2D eigenvalue weighted by Gasteiger charge is -2.13. The summed E-state index contributed by atoms with van der Waals surface area (Å²) < 4.78 is 35.9. The Hall–Kier alpha value is -2.16. The van der Waals surface area contributed by atoms with Crippen LogP contribution in [0.1, 0.15) is 16.1 Å². The first kappa shape index (κ1) is 19.9. The number of benzene rings is 1. The second kappa shape index (κ2) is 9.21. The molecule has 1 aromatic carbocycles. The van der Waals surface area contributed by atoms with Gasteiger partial charge >= 0.3 is 0 Å². The van der Waals surface area contributed by atoms with Crippen molar-refractivity contribution in [2.75, 3.05) is 13.2 Å². The van der Waals surface area contributed by atoms with E-state index in [4.69, 9.17) is 14.9 Å². The Bertz CT molecular complexity index is 681. The average molecular weight is 363 g/mol. The monoisotopic (exact) mass is 362 g/mol. The van der Waals surface area contributed by atoms with E-state index in [9.17, 15) is 18.7 Å². The minimum Gasteiger partial charge on any atom is -0.491 e. The number of hydrogen-bond donors (Lipinski definition) is 3. The van der Waals surface area contributed by atoms with Gasteiger partial charge in [-0.3, -0.25) is 4.79 Å². The summed E-state index contributed by atoms with van der Waals surface area (Å²) in [6.07, 6.45) is 0.245. The van der Waals surface area contributed by atoms with E-state index in [1.807, 2.05) is 0 Å². The van der Waals surface area contributed by atoms with Gasteiger partial charge in [-0.15, -0.1) is 12.4 Å². The maximum absolute atomic E-state index is 13.0. The van der Waals surface area contributed by atoms with Crippen LogP contribution in [0.4, 0.5) is 8.78 Å². The smallest absolute Gasteiger partial charge is 0.254 e. The molecule has 1 atom stereocenters. The summed E-state index contributed by atoms with van der Waals surface area (Å²) in [6, 6.07) is 4.54. The molecule has 24 heavy (non-hydrogen) atoms. The van der Waals surface area contributed by atoms with Gasteiger partial charge in [0.25, 0.3) is 5.91 Å². The maximum Gasteiger partial charge on any atom is 0.254 e. The van der Waals surface area contributed by atoms with E-state index >= 15 is 0 Å². The molecule has 0 fully saturated rings. The van der Waals surface area contributed by atoms with Crippen molar-refractivity contribution >= 4 is 18.3 Å². The molecule has 1 heterocycles. The highest BCUT2D eigenvalue weighted by Crippen LogP contribution is 2.15. The highest BCUT2D eigenvalue weighted by molar-refractivity contribution is 5.93. The van der Waals surface area contributed by atoms with Crippen LogP contribution in [0.3, 0.4) is 0 Å². The van der Waals surface area contributed by atoms with Crippen molar-refractivity contribution in [2.45, 2.75) is 12.6 Å². The summed E-state index contributed by atoms with van der Waals surface area (Å²) >= 11 is 0. The van der Waals surface area contributed by atoms with Crippen LogP contribution < -0.4 is 15.8 Å². The molecule has 0 aliphatic rings. The second-order valence-electron chi connectivity index (χ2n) is 4.76. The predicted octanol–water partition coefficient (Wildman–Crippen LogP) is 1.61. The lowest BCUT2D eigenvalue weighted by atomic mass is 10.2. The predicted molar refractivity (Wildman–Crippen MR) is 84.0 cm³/mol. The van der Waals surface area contributed by atoms with E-state index in [1.54, 1.807) is 0 Å². The minimum atomic E-state index is -1.04. The second-order valence-corrected chi connectivity index (χ2v) is 4.76. The van der Waals surface area contributed by atoms with Crippen molar-refractivity contribution < 1.29 is 27.8 Å². The van der Waals surface area contributed by atoms with E-state index < -0.39 is 23.6 Å². The first-order valence-electron chi connectivity index (χ1n) is 6.81. The van der Waals surface area contributed by atoms with E-state index in [0.717, 1.165) is 12.1 Å². The van der Waals surface area contributed by atoms with E-state index in [0.29, 0.717) is 11.3 Å². The molecule has 0 bridgehead atoms. The van der Waals surface area contributed by atoms with Gasteiger partial charge in [0.15, 0.2) is 11.6 Å². The number of nitrogens with one attached hydrogen (secondary N) is 1. The number of carbonyl (C=O) groups is 1. The number of ether oxygens (including phenoxy) is 1. The van der Waals surface area contributed by atoms with Crippen molar-refractivity contribution in [3.63, 3.8) is 0 Å². The molecule has 0 saturated heterocycles. The third-order valence-corrected chi connectivity index (χ3v) is 2.95. The Kier molecular flexibility index (Phi) is 7.63. The number of amides is 1. The van der Waals surface area contributed by atoms with Crippen LogP contribution in [0.5, 0.6) is 5.75 Å². The number of halogens is 3. The summed E-state index contributed by atoms with van der Waals surface area (Å²) in [4.78, 5) is 11.8. The molecule has 0 radical (unpaired) electrons. The molecule has 1 aromatic heterocycles. The molecule has 2 aromatic rings. The lowest BCUT2D eigenvalue weighted by Crippen LogP contribution is -2.35. The largest absolute Gasteiger partial charge is 0.491 e. The van der Waals surface area contributed by atoms with Gasteiger partial charge in [0.1, 0.15) is 30.5 Å². The molecule has 4 N–H and O–H groups in total. The first-order chi connectivity index (χ1) is 11.0. The highest BCUT2D eigenvalue weighted by Gasteiger charge is 2.12. The van der Waals surface area contributed by atoms with E-state index in [1.165, 1.54) is 18.4 Å². The van der Waals surface area contributed by atoms with Crippen molar-refractivity contribution in [3.05, 3.63) is 53.5 Å². The van der Waals surface area contributed by atoms with Gasteiger partial charge in [-0.2, -0.15) is 0 Å². The zero-order chi connectivity index (χ0) is 16.8. The Morgan fingerprint density at radius 2 is 2.08 bits per heavy atom. The molecule has 0 saturated carbocycles. The fourth-order valence-electron chi connectivity index (χ4n) is 1.74. The third kappa shape index (κ3) is 5.48. The Labute approximate surface area is 143 Å². The van der Waals surface area contributed by atoms with Gasteiger partial charge in [0.05, 0.1) is 12.1 Å². The number of rotatable bonds is 7. The van der Waals surface area contributed by atoms with Crippen molar-refractivity contribution in [1.29, 1.82) is 0 Å². The van der Waals surface area contributed by atoms with Crippen LogP contribution in [0.25, 0.3) is 0 Å². The molecule has 6 nitrogen and oxygen atoms in total. The zero-order valence-electron chi connectivity index (χ0n) is 12.5. The van der Waals surface area contributed by atoms with E-state index in [-0.39, 0.29) is 37.9 Å². The number of aliphatic hydroxyl groups excluding tert-OH is 1. The van der Waals surface area contributed by atoms with Crippen LogP contribution >= 0.6 is 12.4 Å². The van der Waals surface area contributed by atoms with Gasteiger partial charge in [0, 0.05) is 12.6 Å². The van der Waals surface area contributed by atoms with Crippen LogP contribution in [-0.2, 0) is 6.54 Å². The standard InChI is InChI=1S/C15H16F2N2O4.ClH/c16-13-2-1-11(4-14(13)17)23-8-10(20)6-19-15(21)9-3-12(5-18)22-7-9;/h1-4,7,10,20H,5-6,8,18H2,(H,19,21);1H. The van der Waals surface area contributed by atoms with Crippen molar-refractivity contribution in [2.24, 2.45) is 5.73 Å². The number of aliphatic hydroxyl groups is 1. The molecular weight excluding hydrogens is 346 g/mol. The van der Waals surface area contributed by atoms with Crippen molar-refractivity contribution in [1.82, 2.24) is 5.32 Å². The van der Waals surface area contributed by atoms with Crippen LogP contribution in [0, 0.1) is 11.6 Å². The maximum atomic E-state index is 13.0. The molecule has 9 heteroatoms. The average Bonchev–Trinajstić information content (AvgIpc) is 3.03. The van der Waals surface area contributed by atoms with Crippen molar-refractivity contribution in [3.8, 4) is 5.75 Å². The quantitative estimate of drug-likeness (QED) is 0.695. The molecular formula is C15H17ClF2N2O4. The molecule has 1 unspecified atom stereocenters. The SMILES string of the molecule is Cl.NCc1cc(C(=O)NCC(O)COc2ccc(F)c(F)c2)co1. The number of nitrogens with two attached hydrogens (primary N) is 1. The first-order valence-corrected chi connectivity index (χ1v) is 6.81. The van der Waals surface area contributed by atoms with Gasteiger partial charge in [-0.05, 0) is 18.2 Å². The lowest BCUT2D eigenvalue weighted by molar-refractivity contribution is 0.0842. The number of furan rings is 1. The van der Waals surface area contributed by atoms with Gasteiger partial charge < -0.3 is 25.3 Å². The summed E-state index contributed by atoms with van der Waals surface area (Å²) in [5, 5.41) is 12.2. The summed E-state index contributed by atoms with van der Waals surface area (Å²) in [5.74, 6) is -1.91. The Morgan fingerprint density at radius 1 is 1.33 bits per heavy atom. The zero-order valence-corrected chi connectivity index (χ0v) is 13.3. The molecule has 1 amide bonds. The van der Waals surface area contributed by atoms with E-state index in [2.05, 4.69) is 5.32 Å². The summed E-state index contributed by atoms with van der Waals surface area (Å²) in [5.41, 5.74) is 5.66. The third-order valence-electron chi connectivity index (χ3n) is 2.95. The molecule has 0 aliphatic heterocycles. The Morgan fingerprint density at radius 3 is 2.71 bits per heavy atom. The summed E-state index contributed by atoms with van der Waals surface area (Å²) in [7, 11) is 0. The minimum absolute atomic E-state index is 0. The van der Waals surface area contributed by atoms with Gasteiger partial charge in [0.2, 0.25) is 0 Å². The normalized spacial score (nSPS) is 11.5. The number of carbonyl (C=O) groups excluding carboxylic acids is 1. The van der Waals surface area contributed by atoms with Crippen LogP contribution in [0.15, 0.2) is 34.9 Å².